The predicted molar refractivity (Wildman–Crippen MR) is 91.7 cm³/mol. The first-order chi connectivity index (χ1) is 10.3. The van der Waals surface area contributed by atoms with Gasteiger partial charge in [-0.05, 0) is 22.4 Å². The quantitative estimate of drug-likeness (QED) is 0.616. The van der Waals surface area contributed by atoms with Gasteiger partial charge in [-0.3, -0.25) is 0 Å². The van der Waals surface area contributed by atoms with Gasteiger partial charge in [-0.1, -0.05) is 43.0 Å². The summed E-state index contributed by atoms with van der Waals surface area (Å²) in [5.41, 5.74) is 1.33. The monoisotopic (exact) mass is 316 g/mol. The number of carbonyl (C=O) groups is 1. The number of esters is 1. The summed E-state index contributed by atoms with van der Waals surface area (Å²) in [6, 6.07) is 15.0. The van der Waals surface area contributed by atoms with Gasteiger partial charge in [-0.25, -0.2) is 4.79 Å². The van der Waals surface area contributed by atoms with Crippen LogP contribution >= 0.6 is 23.5 Å². The van der Waals surface area contributed by atoms with Crippen LogP contribution in [0.1, 0.15) is 10.1 Å². The van der Waals surface area contributed by atoms with Gasteiger partial charge in [0.1, 0.15) is 6.61 Å². The Labute approximate surface area is 132 Å². The first kappa shape index (κ1) is 14.5. The lowest BCUT2D eigenvalue weighted by Gasteiger charge is -2.11. The summed E-state index contributed by atoms with van der Waals surface area (Å²) in [5.74, 6) is 0.668. The number of fused-ring (bicyclic) bond motifs is 1. The highest BCUT2D eigenvalue weighted by molar-refractivity contribution is 8.19. The third-order valence-electron chi connectivity index (χ3n) is 3.37. The number of thioether (sulfide) groups is 2. The molecule has 0 amide bonds. The summed E-state index contributed by atoms with van der Waals surface area (Å²) in [4.78, 5) is 11.1. The van der Waals surface area contributed by atoms with Crippen molar-refractivity contribution in [2.24, 2.45) is 0 Å². The number of benzene rings is 2. The molecule has 3 rings (SSSR count). The largest absolute Gasteiger partial charge is 0.461 e. The Morgan fingerprint density at radius 2 is 2.10 bits per heavy atom. The third-order valence-corrected chi connectivity index (χ3v) is 6.70. The van der Waals surface area contributed by atoms with E-state index in [0.717, 1.165) is 5.75 Å². The molecule has 108 valence electrons. The zero-order valence-electron chi connectivity index (χ0n) is 11.5. The minimum absolute atomic E-state index is 0.338. The van der Waals surface area contributed by atoms with Gasteiger partial charge in [-0.15, -0.1) is 23.5 Å². The molecule has 1 fully saturated rings. The molecule has 2 unspecified atom stereocenters. The molecule has 0 aliphatic carbocycles. The van der Waals surface area contributed by atoms with Crippen molar-refractivity contribution in [1.82, 2.24) is 0 Å². The number of rotatable bonds is 4. The van der Waals surface area contributed by atoms with Crippen LogP contribution in [0.3, 0.4) is 0 Å². The Morgan fingerprint density at radius 1 is 1.29 bits per heavy atom. The van der Waals surface area contributed by atoms with Crippen molar-refractivity contribution < 1.29 is 9.53 Å². The Hall–Kier alpha value is -1.39. The molecule has 0 spiro atoms. The van der Waals surface area contributed by atoms with Gasteiger partial charge in [0.15, 0.2) is 0 Å². The maximum absolute atomic E-state index is 11.1. The summed E-state index contributed by atoms with van der Waals surface area (Å²) in [6.07, 6.45) is 1.22. The van der Waals surface area contributed by atoms with Crippen LogP contribution in [0.15, 0.2) is 55.1 Å². The van der Waals surface area contributed by atoms with Gasteiger partial charge in [0.05, 0.1) is 4.58 Å². The summed E-state index contributed by atoms with van der Waals surface area (Å²) in [7, 11) is 0. The molecule has 1 aliphatic rings. The first-order valence-electron chi connectivity index (χ1n) is 6.81. The molecule has 1 aliphatic heterocycles. The van der Waals surface area contributed by atoms with Crippen LogP contribution in [0.2, 0.25) is 0 Å². The van der Waals surface area contributed by atoms with Crippen molar-refractivity contribution in [3.8, 4) is 0 Å². The van der Waals surface area contributed by atoms with Crippen molar-refractivity contribution in [1.29, 1.82) is 0 Å². The molecule has 1 heterocycles. The molecule has 0 bridgehead atoms. The van der Waals surface area contributed by atoms with E-state index in [-0.39, 0.29) is 5.97 Å². The molecule has 0 saturated carbocycles. The smallest absolute Gasteiger partial charge is 0.330 e. The first-order valence-corrected chi connectivity index (χ1v) is 8.80. The zero-order chi connectivity index (χ0) is 14.7. The van der Waals surface area contributed by atoms with Crippen LogP contribution in [0.25, 0.3) is 10.8 Å². The van der Waals surface area contributed by atoms with Crippen LogP contribution < -0.4 is 0 Å². The molecule has 2 aromatic rings. The summed E-state index contributed by atoms with van der Waals surface area (Å²) >= 11 is 3.79. The van der Waals surface area contributed by atoms with Crippen molar-refractivity contribution in [3.05, 3.63) is 60.7 Å². The van der Waals surface area contributed by atoms with Crippen LogP contribution in [-0.2, 0) is 9.53 Å². The van der Waals surface area contributed by atoms with E-state index >= 15 is 0 Å². The highest BCUT2D eigenvalue weighted by Gasteiger charge is 2.28. The number of carbonyl (C=O) groups excluding carboxylic acids is 1. The van der Waals surface area contributed by atoms with E-state index in [4.69, 9.17) is 4.74 Å². The SMILES string of the molecule is C=CC(=O)OCC1CSC(c2ccc3ccccc3c2)S1. The normalized spacial score (nSPS) is 21.3. The molecule has 21 heavy (non-hydrogen) atoms. The highest BCUT2D eigenvalue weighted by atomic mass is 32.2. The van der Waals surface area contributed by atoms with E-state index in [2.05, 4.69) is 49.0 Å². The van der Waals surface area contributed by atoms with Gasteiger partial charge in [0, 0.05) is 17.1 Å². The van der Waals surface area contributed by atoms with Crippen LogP contribution in [-0.4, -0.2) is 23.6 Å². The predicted octanol–water partition coefficient (Wildman–Crippen LogP) is 4.42. The van der Waals surface area contributed by atoms with E-state index in [0.29, 0.717) is 16.4 Å². The molecule has 1 saturated heterocycles. The second kappa shape index (κ2) is 6.58. The Balaban J connectivity index is 1.67. The second-order valence-corrected chi connectivity index (χ2v) is 7.71. The van der Waals surface area contributed by atoms with Crippen molar-refractivity contribution in [3.63, 3.8) is 0 Å². The summed E-state index contributed by atoms with van der Waals surface area (Å²) in [6.45, 7) is 3.88. The van der Waals surface area contributed by atoms with E-state index < -0.39 is 0 Å². The second-order valence-electron chi connectivity index (χ2n) is 4.86. The molecule has 2 nitrogen and oxygen atoms in total. The molecular weight excluding hydrogens is 300 g/mol. The van der Waals surface area contributed by atoms with Gasteiger partial charge in [-0.2, -0.15) is 0 Å². The lowest BCUT2D eigenvalue weighted by Crippen LogP contribution is -2.14. The van der Waals surface area contributed by atoms with Gasteiger partial charge in [0.25, 0.3) is 0 Å². The molecule has 4 heteroatoms. The van der Waals surface area contributed by atoms with Gasteiger partial charge >= 0.3 is 5.97 Å². The lowest BCUT2D eigenvalue weighted by atomic mass is 10.1. The fourth-order valence-electron chi connectivity index (χ4n) is 2.30. The Morgan fingerprint density at radius 3 is 2.90 bits per heavy atom. The third kappa shape index (κ3) is 3.44. The highest BCUT2D eigenvalue weighted by Crippen LogP contribution is 2.49. The van der Waals surface area contributed by atoms with Crippen LogP contribution in [0.5, 0.6) is 0 Å². The van der Waals surface area contributed by atoms with Crippen LogP contribution in [0, 0.1) is 0 Å². The minimum atomic E-state index is -0.338. The number of ether oxygens (including phenoxy) is 1. The lowest BCUT2D eigenvalue weighted by molar-refractivity contribution is -0.137. The van der Waals surface area contributed by atoms with Crippen LogP contribution in [0.4, 0.5) is 0 Å². The maximum atomic E-state index is 11.1. The van der Waals surface area contributed by atoms with Crippen molar-refractivity contribution in [2.75, 3.05) is 12.4 Å². The van der Waals surface area contributed by atoms with Gasteiger partial charge < -0.3 is 4.74 Å². The van der Waals surface area contributed by atoms with Gasteiger partial charge in [0.2, 0.25) is 0 Å². The average molecular weight is 316 g/mol. The average Bonchev–Trinajstić information content (AvgIpc) is 3.01. The standard InChI is InChI=1S/C17H16O2S2/c1-2-16(18)19-10-15-11-20-17(21-15)14-8-7-12-5-3-4-6-13(12)9-14/h2-9,15,17H,1,10-11H2. The molecule has 2 aromatic carbocycles. The summed E-state index contributed by atoms with van der Waals surface area (Å²) < 4.78 is 5.56. The van der Waals surface area contributed by atoms with E-state index in [1.54, 1.807) is 0 Å². The van der Waals surface area contributed by atoms with E-state index in [1.807, 2.05) is 23.5 Å². The molecule has 0 aromatic heterocycles. The molecule has 2 atom stereocenters. The Kier molecular flexibility index (Phi) is 4.56. The molecule has 0 N–H and O–H groups in total. The van der Waals surface area contributed by atoms with E-state index in [9.17, 15) is 4.79 Å². The zero-order valence-corrected chi connectivity index (χ0v) is 13.2. The Bertz CT molecular complexity index is 669. The molecular formula is C17H16O2S2. The minimum Gasteiger partial charge on any atom is -0.461 e. The fourth-order valence-corrected chi connectivity index (χ4v) is 5.49. The summed E-state index contributed by atoms with van der Waals surface area (Å²) in [5, 5.41) is 2.90. The topological polar surface area (TPSA) is 26.3 Å². The van der Waals surface area contributed by atoms with E-state index in [1.165, 1.54) is 22.4 Å². The maximum Gasteiger partial charge on any atom is 0.330 e. The molecule has 0 radical (unpaired) electrons. The van der Waals surface area contributed by atoms with Crippen molar-refractivity contribution in [2.45, 2.75) is 9.83 Å². The number of hydrogen-bond acceptors (Lipinski definition) is 4. The fraction of sp³-hybridized carbons (Fsp3) is 0.235. The number of hydrogen-bond donors (Lipinski definition) is 0. The van der Waals surface area contributed by atoms with Crippen molar-refractivity contribution >= 4 is 40.3 Å².